The highest BCUT2D eigenvalue weighted by Crippen LogP contribution is 2.29. The fourth-order valence-corrected chi connectivity index (χ4v) is 4.11. The minimum absolute atomic E-state index is 0.142. The average Bonchev–Trinajstić information content (AvgIpc) is 3.23. The lowest BCUT2D eigenvalue weighted by Crippen LogP contribution is -2.15. The number of aromatic nitrogens is 1. The summed E-state index contributed by atoms with van der Waals surface area (Å²) in [4.78, 5) is 17.4. The molecule has 0 spiro atoms. The lowest BCUT2D eigenvalue weighted by atomic mass is 10.2. The summed E-state index contributed by atoms with van der Waals surface area (Å²) in [7, 11) is 0. The van der Waals surface area contributed by atoms with Gasteiger partial charge in [-0.25, -0.2) is 4.39 Å². The highest BCUT2D eigenvalue weighted by atomic mass is 32.1. The van der Waals surface area contributed by atoms with Crippen LogP contribution >= 0.6 is 11.3 Å². The summed E-state index contributed by atoms with van der Waals surface area (Å²) in [6.45, 7) is 4.96. The second-order valence-corrected chi connectivity index (χ2v) is 6.89. The first kappa shape index (κ1) is 17.5. The third kappa shape index (κ3) is 3.14. The number of fused-ring (bicyclic) bond motifs is 2. The number of carbonyl (C=O) groups excluding carboxylic acids is 1. The number of aryl methyl sites for hydroxylation is 1. The number of benzene rings is 2. The van der Waals surface area contributed by atoms with E-state index in [-0.39, 0.29) is 11.6 Å². The molecule has 0 aliphatic heterocycles. The van der Waals surface area contributed by atoms with Gasteiger partial charge in [-0.1, -0.05) is 23.5 Å². The minimum atomic E-state index is -0.483. The molecule has 27 heavy (non-hydrogen) atoms. The van der Waals surface area contributed by atoms with Crippen LogP contribution in [0.4, 0.5) is 4.39 Å². The number of furan rings is 1. The van der Waals surface area contributed by atoms with E-state index in [9.17, 15) is 9.18 Å². The van der Waals surface area contributed by atoms with Crippen LogP contribution < -0.4 is 9.54 Å². The average molecular weight is 384 g/mol. The lowest BCUT2D eigenvalue weighted by molar-refractivity contribution is 0.0973. The third-order valence-corrected chi connectivity index (χ3v) is 5.22. The van der Waals surface area contributed by atoms with Crippen LogP contribution in [0.5, 0.6) is 5.75 Å². The SMILES string of the molecule is CCOc1cccc2cc(C(=O)N=c3sc4cc(F)ccc4n3CC)oc12. The summed E-state index contributed by atoms with van der Waals surface area (Å²) in [5, 5.41) is 0.779. The van der Waals surface area contributed by atoms with E-state index >= 15 is 0 Å². The molecule has 2 heterocycles. The van der Waals surface area contributed by atoms with Crippen molar-refractivity contribution in [3.63, 3.8) is 0 Å². The van der Waals surface area contributed by atoms with E-state index in [1.54, 1.807) is 18.2 Å². The topological polar surface area (TPSA) is 56.7 Å². The van der Waals surface area contributed by atoms with Crippen LogP contribution in [0.2, 0.25) is 0 Å². The van der Waals surface area contributed by atoms with Gasteiger partial charge in [0.25, 0.3) is 0 Å². The Labute approximate surface area is 158 Å². The molecule has 0 fully saturated rings. The van der Waals surface area contributed by atoms with Crippen molar-refractivity contribution >= 4 is 38.4 Å². The van der Waals surface area contributed by atoms with E-state index < -0.39 is 5.91 Å². The van der Waals surface area contributed by atoms with Crippen molar-refractivity contribution < 1.29 is 18.3 Å². The number of carbonyl (C=O) groups is 1. The molecule has 4 rings (SSSR count). The van der Waals surface area contributed by atoms with Gasteiger partial charge in [-0.05, 0) is 44.2 Å². The van der Waals surface area contributed by atoms with Gasteiger partial charge in [-0.2, -0.15) is 4.99 Å². The summed E-state index contributed by atoms with van der Waals surface area (Å²) < 4.78 is 27.4. The first-order valence-electron chi connectivity index (χ1n) is 8.64. The van der Waals surface area contributed by atoms with Crippen molar-refractivity contribution in [2.75, 3.05) is 6.61 Å². The second kappa shape index (κ2) is 7.00. The molecule has 0 N–H and O–H groups in total. The van der Waals surface area contributed by atoms with Gasteiger partial charge in [0.15, 0.2) is 21.9 Å². The minimum Gasteiger partial charge on any atom is -0.490 e. The number of halogens is 1. The number of ether oxygens (including phenoxy) is 1. The maximum absolute atomic E-state index is 13.5. The Balaban J connectivity index is 1.81. The molecule has 7 heteroatoms. The molecule has 0 saturated heterocycles. The van der Waals surface area contributed by atoms with Crippen molar-refractivity contribution in [1.82, 2.24) is 4.57 Å². The number of hydrogen-bond donors (Lipinski definition) is 0. The van der Waals surface area contributed by atoms with Crippen LogP contribution in [0, 0.1) is 5.82 Å². The van der Waals surface area contributed by atoms with E-state index in [0.717, 1.165) is 15.6 Å². The smallest absolute Gasteiger partial charge is 0.315 e. The van der Waals surface area contributed by atoms with Gasteiger partial charge in [0.05, 0.1) is 16.8 Å². The predicted molar refractivity (Wildman–Crippen MR) is 103 cm³/mol. The number of amides is 1. The molecule has 2 aromatic heterocycles. The first-order chi connectivity index (χ1) is 13.1. The lowest BCUT2D eigenvalue weighted by Gasteiger charge is -2.02. The van der Waals surface area contributed by atoms with E-state index in [1.165, 1.54) is 23.5 Å². The van der Waals surface area contributed by atoms with Gasteiger partial charge in [0.1, 0.15) is 5.82 Å². The summed E-state index contributed by atoms with van der Waals surface area (Å²) in [6, 6.07) is 11.7. The van der Waals surface area contributed by atoms with Crippen LogP contribution in [-0.2, 0) is 6.54 Å². The maximum atomic E-state index is 13.5. The van der Waals surface area contributed by atoms with Gasteiger partial charge >= 0.3 is 5.91 Å². The Morgan fingerprint density at radius 3 is 2.89 bits per heavy atom. The molecule has 0 saturated carbocycles. The molecule has 0 radical (unpaired) electrons. The van der Waals surface area contributed by atoms with Gasteiger partial charge in [0, 0.05) is 11.9 Å². The standard InChI is InChI=1S/C20H17FN2O3S/c1-3-23-14-9-8-13(21)11-17(14)27-20(23)22-19(24)16-10-12-6-5-7-15(25-4-2)18(12)26-16/h5-11H,3-4H2,1-2H3. The molecule has 0 aliphatic rings. The maximum Gasteiger partial charge on any atom is 0.315 e. The molecule has 1 amide bonds. The Morgan fingerprint density at radius 2 is 2.11 bits per heavy atom. The second-order valence-electron chi connectivity index (χ2n) is 5.88. The fraction of sp³-hybridized carbons (Fsp3) is 0.200. The van der Waals surface area contributed by atoms with Crippen molar-refractivity contribution in [2.24, 2.45) is 4.99 Å². The van der Waals surface area contributed by atoms with E-state index in [2.05, 4.69) is 4.99 Å². The number of thiazole rings is 1. The monoisotopic (exact) mass is 384 g/mol. The number of hydrogen-bond acceptors (Lipinski definition) is 4. The quantitative estimate of drug-likeness (QED) is 0.510. The van der Waals surface area contributed by atoms with Crippen molar-refractivity contribution in [1.29, 1.82) is 0 Å². The molecule has 0 aliphatic carbocycles. The Bertz CT molecular complexity index is 1220. The normalized spacial score (nSPS) is 12.2. The number of para-hydroxylation sites is 1. The number of nitrogens with zero attached hydrogens (tertiary/aromatic N) is 2. The summed E-state index contributed by atoms with van der Waals surface area (Å²) in [6.07, 6.45) is 0. The molecule has 0 unspecified atom stereocenters. The molecular weight excluding hydrogens is 367 g/mol. The van der Waals surface area contributed by atoms with Gasteiger partial charge in [-0.3, -0.25) is 4.79 Å². The van der Waals surface area contributed by atoms with E-state index in [0.29, 0.717) is 29.3 Å². The van der Waals surface area contributed by atoms with Crippen LogP contribution in [0.25, 0.3) is 21.2 Å². The Morgan fingerprint density at radius 1 is 1.26 bits per heavy atom. The van der Waals surface area contributed by atoms with Crippen LogP contribution in [-0.4, -0.2) is 17.1 Å². The summed E-state index contributed by atoms with van der Waals surface area (Å²) >= 11 is 1.27. The summed E-state index contributed by atoms with van der Waals surface area (Å²) in [5.41, 5.74) is 1.37. The molecule has 138 valence electrons. The number of rotatable bonds is 4. The Kier molecular flexibility index (Phi) is 4.53. The molecule has 5 nitrogen and oxygen atoms in total. The van der Waals surface area contributed by atoms with Gasteiger partial charge in [0.2, 0.25) is 0 Å². The largest absolute Gasteiger partial charge is 0.490 e. The van der Waals surface area contributed by atoms with E-state index in [1.807, 2.05) is 30.5 Å². The highest BCUT2D eigenvalue weighted by molar-refractivity contribution is 7.16. The van der Waals surface area contributed by atoms with Gasteiger partial charge in [-0.15, -0.1) is 0 Å². The zero-order chi connectivity index (χ0) is 19.0. The van der Waals surface area contributed by atoms with Crippen LogP contribution in [0.3, 0.4) is 0 Å². The van der Waals surface area contributed by atoms with Crippen molar-refractivity contribution in [2.45, 2.75) is 20.4 Å². The molecule has 2 aromatic carbocycles. The van der Waals surface area contributed by atoms with E-state index in [4.69, 9.17) is 9.15 Å². The predicted octanol–water partition coefficient (Wildman–Crippen LogP) is 4.75. The van der Waals surface area contributed by atoms with Crippen molar-refractivity contribution in [3.8, 4) is 5.75 Å². The Hall–Kier alpha value is -2.93. The van der Waals surface area contributed by atoms with Crippen molar-refractivity contribution in [3.05, 3.63) is 58.8 Å². The first-order valence-corrected chi connectivity index (χ1v) is 9.45. The highest BCUT2D eigenvalue weighted by Gasteiger charge is 2.15. The molecule has 0 bridgehead atoms. The zero-order valence-electron chi connectivity index (χ0n) is 14.9. The fourth-order valence-electron chi connectivity index (χ4n) is 2.99. The molecular formula is C20H17FN2O3S. The van der Waals surface area contributed by atoms with Gasteiger partial charge < -0.3 is 13.7 Å². The summed E-state index contributed by atoms with van der Waals surface area (Å²) in [5.74, 6) is -0.0630. The third-order valence-electron chi connectivity index (χ3n) is 4.18. The van der Waals surface area contributed by atoms with Crippen LogP contribution in [0.1, 0.15) is 24.4 Å². The molecule has 0 atom stereocenters. The zero-order valence-corrected chi connectivity index (χ0v) is 15.7. The van der Waals surface area contributed by atoms with Crippen LogP contribution in [0.15, 0.2) is 51.9 Å². The molecule has 4 aromatic rings.